The van der Waals surface area contributed by atoms with Gasteiger partial charge in [-0.15, -0.1) is 0 Å². The van der Waals surface area contributed by atoms with Gasteiger partial charge < -0.3 is 9.52 Å². The summed E-state index contributed by atoms with van der Waals surface area (Å²) in [7, 11) is 0. The highest BCUT2D eigenvalue weighted by Crippen LogP contribution is 2.32. The Bertz CT molecular complexity index is 1130. The summed E-state index contributed by atoms with van der Waals surface area (Å²) < 4.78 is 6.85. The Morgan fingerprint density at radius 2 is 2.04 bits per heavy atom. The second kappa shape index (κ2) is 6.01. The number of carboxylic acids is 1. The van der Waals surface area contributed by atoms with Crippen LogP contribution in [0.5, 0.6) is 0 Å². The van der Waals surface area contributed by atoms with E-state index in [0.29, 0.717) is 22.4 Å². The molecule has 0 bridgehead atoms. The number of halogens is 1. The number of para-hydroxylation sites is 1. The Morgan fingerprint density at radius 3 is 2.80 bits per heavy atom. The van der Waals surface area contributed by atoms with Gasteiger partial charge in [-0.05, 0) is 42.3 Å². The van der Waals surface area contributed by atoms with Crippen molar-refractivity contribution in [2.75, 3.05) is 0 Å². The summed E-state index contributed by atoms with van der Waals surface area (Å²) in [6.07, 6.45) is 0.778. The predicted molar refractivity (Wildman–Crippen MR) is 101 cm³/mol. The van der Waals surface area contributed by atoms with Crippen LogP contribution in [-0.4, -0.2) is 16.1 Å². The van der Waals surface area contributed by atoms with Crippen molar-refractivity contribution >= 4 is 43.8 Å². The van der Waals surface area contributed by atoms with E-state index < -0.39 is 5.97 Å². The molecule has 0 amide bonds. The van der Waals surface area contributed by atoms with Crippen molar-refractivity contribution in [3.63, 3.8) is 0 Å². The van der Waals surface area contributed by atoms with Gasteiger partial charge in [-0.1, -0.05) is 41.1 Å². The molecule has 0 unspecified atom stereocenters. The molecule has 4 aromatic rings. The number of pyridine rings is 1. The van der Waals surface area contributed by atoms with Crippen LogP contribution in [0.25, 0.3) is 33.3 Å². The first-order valence-electron chi connectivity index (χ1n) is 7.92. The number of aromatic nitrogens is 1. The maximum absolute atomic E-state index is 11.8. The molecular weight excluding hydrogens is 382 g/mol. The van der Waals surface area contributed by atoms with Gasteiger partial charge >= 0.3 is 5.97 Å². The van der Waals surface area contributed by atoms with Crippen molar-refractivity contribution in [3.05, 3.63) is 64.1 Å². The number of rotatable bonds is 3. The van der Waals surface area contributed by atoms with Gasteiger partial charge in [0.1, 0.15) is 11.3 Å². The van der Waals surface area contributed by atoms with Crippen molar-refractivity contribution in [2.24, 2.45) is 0 Å². The fourth-order valence-electron chi connectivity index (χ4n) is 3.04. The summed E-state index contributed by atoms with van der Waals surface area (Å²) in [6, 6.07) is 14.8. The zero-order valence-electron chi connectivity index (χ0n) is 13.4. The predicted octanol–water partition coefficient (Wildman–Crippen LogP) is 5.67. The van der Waals surface area contributed by atoms with Crippen LogP contribution in [0, 0.1) is 0 Å². The third-order valence-electron chi connectivity index (χ3n) is 4.27. The van der Waals surface area contributed by atoms with Gasteiger partial charge in [-0.2, -0.15) is 0 Å². The molecule has 0 fully saturated rings. The van der Waals surface area contributed by atoms with E-state index in [2.05, 4.69) is 15.9 Å². The molecule has 2 aromatic heterocycles. The van der Waals surface area contributed by atoms with Crippen molar-refractivity contribution < 1.29 is 14.3 Å². The minimum absolute atomic E-state index is 0.233. The lowest BCUT2D eigenvalue weighted by Gasteiger charge is -2.08. The quantitative estimate of drug-likeness (QED) is 0.485. The molecule has 0 radical (unpaired) electrons. The molecule has 1 N–H and O–H groups in total. The Morgan fingerprint density at radius 1 is 1.20 bits per heavy atom. The van der Waals surface area contributed by atoms with E-state index in [1.807, 2.05) is 43.3 Å². The number of aryl methyl sites for hydroxylation is 1. The van der Waals surface area contributed by atoms with Gasteiger partial charge in [-0.25, -0.2) is 9.78 Å². The fraction of sp³-hybridized carbons (Fsp3) is 0.100. The molecule has 0 aliphatic carbocycles. The second-order valence-electron chi connectivity index (χ2n) is 5.82. The van der Waals surface area contributed by atoms with Gasteiger partial charge in [0.15, 0.2) is 5.76 Å². The summed E-state index contributed by atoms with van der Waals surface area (Å²) in [5.41, 5.74) is 3.22. The molecule has 0 saturated heterocycles. The summed E-state index contributed by atoms with van der Waals surface area (Å²) >= 11 is 3.45. The maximum atomic E-state index is 11.8. The van der Waals surface area contributed by atoms with E-state index in [1.54, 1.807) is 12.1 Å². The number of carboxylic acid groups (broad SMARTS) is 1. The Kier molecular flexibility index (Phi) is 3.81. The fourth-order valence-corrected chi connectivity index (χ4v) is 3.42. The summed E-state index contributed by atoms with van der Waals surface area (Å²) in [5.74, 6) is -0.413. The molecule has 4 nitrogen and oxygen atoms in total. The first kappa shape index (κ1) is 15.8. The largest absolute Gasteiger partial charge is 0.478 e. The molecule has 0 spiro atoms. The van der Waals surface area contributed by atoms with Crippen LogP contribution < -0.4 is 0 Å². The van der Waals surface area contributed by atoms with Crippen molar-refractivity contribution in [2.45, 2.75) is 13.3 Å². The summed E-state index contributed by atoms with van der Waals surface area (Å²) in [6.45, 7) is 2.03. The molecule has 124 valence electrons. The van der Waals surface area contributed by atoms with Crippen molar-refractivity contribution in [3.8, 4) is 11.5 Å². The third-order valence-corrected chi connectivity index (χ3v) is 4.76. The molecule has 2 heterocycles. The number of carbonyl (C=O) groups is 1. The first-order chi connectivity index (χ1) is 12.1. The van der Waals surface area contributed by atoms with Crippen molar-refractivity contribution in [1.29, 1.82) is 0 Å². The van der Waals surface area contributed by atoms with E-state index in [-0.39, 0.29) is 5.56 Å². The third kappa shape index (κ3) is 2.70. The molecule has 5 heteroatoms. The van der Waals surface area contributed by atoms with Crippen molar-refractivity contribution in [1.82, 2.24) is 4.98 Å². The maximum Gasteiger partial charge on any atom is 0.336 e. The highest BCUT2D eigenvalue weighted by Gasteiger charge is 2.17. The van der Waals surface area contributed by atoms with E-state index >= 15 is 0 Å². The lowest BCUT2D eigenvalue weighted by atomic mass is 10.0. The molecular formula is C20H14BrNO3. The minimum Gasteiger partial charge on any atom is -0.478 e. The molecule has 4 rings (SSSR count). The molecule has 0 saturated carbocycles. The summed E-state index contributed by atoms with van der Waals surface area (Å²) in [4.78, 5) is 16.5. The number of hydrogen-bond donors (Lipinski definition) is 1. The van der Waals surface area contributed by atoms with E-state index in [9.17, 15) is 9.90 Å². The van der Waals surface area contributed by atoms with Crippen LogP contribution in [0.1, 0.15) is 22.8 Å². The highest BCUT2D eigenvalue weighted by molar-refractivity contribution is 9.10. The van der Waals surface area contributed by atoms with E-state index in [0.717, 1.165) is 27.4 Å². The van der Waals surface area contributed by atoms with E-state index in [4.69, 9.17) is 9.40 Å². The average molecular weight is 396 g/mol. The number of nitrogens with zero attached hydrogens (tertiary/aromatic N) is 1. The number of fused-ring (bicyclic) bond motifs is 2. The minimum atomic E-state index is -0.972. The van der Waals surface area contributed by atoms with Crippen LogP contribution in [0.4, 0.5) is 0 Å². The molecule has 0 aliphatic rings. The van der Waals surface area contributed by atoms with Crippen LogP contribution in [-0.2, 0) is 6.42 Å². The molecule has 25 heavy (non-hydrogen) atoms. The number of benzene rings is 2. The Balaban J connectivity index is 2.01. The van der Waals surface area contributed by atoms with Gasteiger partial charge in [0, 0.05) is 15.2 Å². The topological polar surface area (TPSA) is 63.3 Å². The highest BCUT2D eigenvalue weighted by atomic mass is 79.9. The first-order valence-corrected chi connectivity index (χ1v) is 8.71. The number of aromatic carboxylic acids is 1. The standard InChI is InChI=1S/C20H14BrNO3/c1-2-11-4-3-5-14-15(20(23)24)10-16(22-19(11)14)18-9-12-8-13(21)6-7-17(12)25-18/h3-10H,2H2,1H3,(H,23,24). The van der Waals surface area contributed by atoms with Crippen LogP contribution in [0.15, 0.2) is 57.4 Å². The lowest BCUT2D eigenvalue weighted by molar-refractivity contribution is 0.0699. The van der Waals surface area contributed by atoms with Gasteiger partial charge in [0.2, 0.25) is 0 Å². The van der Waals surface area contributed by atoms with Crippen LogP contribution in [0.3, 0.4) is 0 Å². The van der Waals surface area contributed by atoms with Gasteiger partial charge in [0.05, 0.1) is 11.1 Å². The molecule has 0 atom stereocenters. The monoisotopic (exact) mass is 395 g/mol. The Hall–Kier alpha value is -2.66. The van der Waals surface area contributed by atoms with Crippen LogP contribution >= 0.6 is 15.9 Å². The normalized spacial score (nSPS) is 11.3. The SMILES string of the molecule is CCc1cccc2c(C(=O)O)cc(-c3cc4cc(Br)ccc4o3)nc12. The Labute approximate surface area is 152 Å². The second-order valence-corrected chi connectivity index (χ2v) is 6.74. The number of hydrogen-bond acceptors (Lipinski definition) is 3. The van der Waals surface area contributed by atoms with Gasteiger partial charge in [-0.3, -0.25) is 0 Å². The van der Waals surface area contributed by atoms with Gasteiger partial charge in [0.25, 0.3) is 0 Å². The number of furan rings is 1. The lowest BCUT2D eigenvalue weighted by Crippen LogP contribution is -2.01. The van der Waals surface area contributed by atoms with Crippen LogP contribution in [0.2, 0.25) is 0 Å². The summed E-state index contributed by atoms with van der Waals surface area (Å²) in [5, 5.41) is 11.2. The van der Waals surface area contributed by atoms with E-state index in [1.165, 1.54) is 0 Å². The molecule has 0 aliphatic heterocycles. The zero-order chi connectivity index (χ0) is 17.6. The average Bonchev–Trinajstić information content (AvgIpc) is 3.03. The molecule has 2 aromatic carbocycles. The zero-order valence-corrected chi connectivity index (χ0v) is 15.0. The smallest absolute Gasteiger partial charge is 0.336 e.